The standard InChI is InChI=1S/C12H19NO/c1-4-5-14-11-6-9(2)12(8-13)10(3)7-11/h6-7H,4-5,8,13H2,1-3H3. The van der Waals surface area contributed by atoms with Crippen LogP contribution < -0.4 is 10.5 Å². The van der Waals surface area contributed by atoms with Gasteiger partial charge < -0.3 is 10.5 Å². The first-order chi connectivity index (χ1) is 6.69. The number of benzene rings is 1. The smallest absolute Gasteiger partial charge is 0.119 e. The second-order valence-corrected chi connectivity index (χ2v) is 3.59. The Bertz CT molecular complexity index is 284. The summed E-state index contributed by atoms with van der Waals surface area (Å²) in [6.07, 6.45) is 1.04. The Morgan fingerprint density at radius 2 is 1.79 bits per heavy atom. The Labute approximate surface area is 86.1 Å². The molecule has 78 valence electrons. The van der Waals surface area contributed by atoms with Crippen molar-refractivity contribution in [3.63, 3.8) is 0 Å². The summed E-state index contributed by atoms with van der Waals surface area (Å²) in [6, 6.07) is 4.12. The maximum Gasteiger partial charge on any atom is 0.119 e. The first kappa shape index (κ1) is 11.1. The molecule has 1 aromatic rings. The van der Waals surface area contributed by atoms with Gasteiger partial charge >= 0.3 is 0 Å². The lowest BCUT2D eigenvalue weighted by Crippen LogP contribution is -2.03. The van der Waals surface area contributed by atoms with Crippen molar-refractivity contribution in [2.75, 3.05) is 6.61 Å². The van der Waals surface area contributed by atoms with Crippen LogP contribution in [0.25, 0.3) is 0 Å². The Hall–Kier alpha value is -1.02. The van der Waals surface area contributed by atoms with Crippen molar-refractivity contribution < 1.29 is 4.74 Å². The molecular weight excluding hydrogens is 174 g/mol. The average molecular weight is 193 g/mol. The van der Waals surface area contributed by atoms with Crippen LogP contribution in [0.1, 0.15) is 30.0 Å². The van der Waals surface area contributed by atoms with E-state index in [4.69, 9.17) is 10.5 Å². The molecule has 0 saturated heterocycles. The third kappa shape index (κ3) is 2.48. The molecule has 0 unspecified atom stereocenters. The summed E-state index contributed by atoms with van der Waals surface area (Å²) in [4.78, 5) is 0. The largest absolute Gasteiger partial charge is 0.494 e. The van der Waals surface area contributed by atoms with Crippen LogP contribution in [-0.4, -0.2) is 6.61 Å². The zero-order valence-electron chi connectivity index (χ0n) is 9.26. The monoisotopic (exact) mass is 193 g/mol. The summed E-state index contributed by atoms with van der Waals surface area (Å²) in [5, 5.41) is 0. The first-order valence-corrected chi connectivity index (χ1v) is 5.12. The van der Waals surface area contributed by atoms with E-state index >= 15 is 0 Å². The fraction of sp³-hybridized carbons (Fsp3) is 0.500. The van der Waals surface area contributed by atoms with Crippen LogP contribution in [0.5, 0.6) is 5.75 Å². The first-order valence-electron chi connectivity index (χ1n) is 5.12. The Morgan fingerprint density at radius 3 is 2.21 bits per heavy atom. The SMILES string of the molecule is CCCOc1cc(C)c(CN)c(C)c1. The lowest BCUT2D eigenvalue weighted by Gasteiger charge is -2.11. The van der Waals surface area contributed by atoms with Crippen molar-refractivity contribution in [3.05, 3.63) is 28.8 Å². The summed E-state index contributed by atoms with van der Waals surface area (Å²) in [7, 11) is 0. The van der Waals surface area contributed by atoms with E-state index in [1.54, 1.807) is 0 Å². The molecule has 0 spiro atoms. The molecule has 2 N–H and O–H groups in total. The van der Waals surface area contributed by atoms with Crippen molar-refractivity contribution in [3.8, 4) is 5.75 Å². The summed E-state index contributed by atoms with van der Waals surface area (Å²) in [5.41, 5.74) is 9.33. The minimum absolute atomic E-state index is 0.603. The fourth-order valence-corrected chi connectivity index (χ4v) is 1.58. The number of hydrogen-bond acceptors (Lipinski definition) is 2. The Kier molecular flexibility index (Phi) is 3.96. The third-order valence-corrected chi connectivity index (χ3v) is 2.35. The van der Waals surface area contributed by atoms with Gasteiger partial charge in [0.05, 0.1) is 6.61 Å². The van der Waals surface area contributed by atoms with Crippen LogP contribution in [0.3, 0.4) is 0 Å². The molecule has 0 aliphatic rings. The van der Waals surface area contributed by atoms with Gasteiger partial charge in [-0.15, -0.1) is 0 Å². The molecular formula is C12H19NO. The number of nitrogens with two attached hydrogens (primary N) is 1. The van der Waals surface area contributed by atoms with Gasteiger partial charge in [0.15, 0.2) is 0 Å². The predicted molar refractivity (Wildman–Crippen MR) is 59.6 cm³/mol. The van der Waals surface area contributed by atoms with Crippen molar-refractivity contribution >= 4 is 0 Å². The number of hydrogen-bond donors (Lipinski definition) is 1. The van der Waals surface area contributed by atoms with E-state index in [1.807, 2.05) is 0 Å². The molecule has 0 amide bonds. The minimum Gasteiger partial charge on any atom is -0.494 e. The Balaban J connectivity index is 2.90. The van der Waals surface area contributed by atoms with Crippen LogP contribution in [0.2, 0.25) is 0 Å². The van der Waals surface area contributed by atoms with Gasteiger partial charge in [-0.25, -0.2) is 0 Å². The van der Waals surface area contributed by atoms with Crippen LogP contribution in [0, 0.1) is 13.8 Å². The van der Waals surface area contributed by atoms with Gasteiger partial charge in [0.1, 0.15) is 5.75 Å². The van der Waals surface area contributed by atoms with Gasteiger partial charge in [0.2, 0.25) is 0 Å². The molecule has 14 heavy (non-hydrogen) atoms. The van der Waals surface area contributed by atoms with E-state index in [0.717, 1.165) is 18.8 Å². The van der Waals surface area contributed by atoms with E-state index < -0.39 is 0 Å². The molecule has 0 radical (unpaired) electrons. The second-order valence-electron chi connectivity index (χ2n) is 3.59. The summed E-state index contributed by atoms with van der Waals surface area (Å²) < 4.78 is 5.58. The van der Waals surface area contributed by atoms with E-state index in [2.05, 4.69) is 32.9 Å². The molecule has 0 aliphatic heterocycles. The van der Waals surface area contributed by atoms with E-state index in [-0.39, 0.29) is 0 Å². The van der Waals surface area contributed by atoms with Gasteiger partial charge in [-0.2, -0.15) is 0 Å². The van der Waals surface area contributed by atoms with Gasteiger partial charge in [-0.05, 0) is 49.1 Å². The molecule has 2 heteroatoms. The number of ether oxygens (including phenoxy) is 1. The maximum atomic E-state index is 5.66. The summed E-state index contributed by atoms with van der Waals surface area (Å²) >= 11 is 0. The topological polar surface area (TPSA) is 35.2 Å². The Morgan fingerprint density at radius 1 is 1.21 bits per heavy atom. The summed E-state index contributed by atoms with van der Waals surface area (Å²) in [6.45, 7) is 7.64. The molecule has 0 heterocycles. The van der Waals surface area contributed by atoms with Gasteiger partial charge in [-0.1, -0.05) is 6.92 Å². The van der Waals surface area contributed by atoms with Crippen LogP contribution in [-0.2, 0) is 6.54 Å². The molecule has 0 bridgehead atoms. The van der Waals surface area contributed by atoms with E-state index in [0.29, 0.717) is 6.54 Å². The molecule has 0 aliphatic carbocycles. The number of rotatable bonds is 4. The van der Waals surface area contributed by atoms with E-state index in [1.165, 1.54) is 16.7 Å². The highest BCUT2D eigenvalue weighted by Crippen LogP contribution is 2.21. The van der Waals surface area contributed by atoms with Crippen molar-refractivity contribution in [2.24, 2.45) is 5.73 Å². The average Bonchev–Trinajstić information content (AvgIpc) is 2.14. The minimum atomic E-state index is 0.603. The highest BCUT2D eigenvalue weighted by Gasteiger charge is 2.03. The van der Waals surface area contributed by atoms with E-state index in [9.17, 15) is 0 Å². The van der Waals surface area contributed by atoms with Gasteiger partial charge in [0.25, 0.3) is 0 Å². The van der Waals surface area contributed by atoms with Gasteiger partial charge in [-0.3, -0.25) is 0 Å². The predicted octanol–water partition coefficient (Wildman–Crippen LogP) is 2.55. The normalized spacial score (nSPS) is 10.3. The molecule has 1 rings (SSSR count). The molecule has 0 aromatic heterocycles. The van der Waals surface area contributed by atoms with Crippen LogP contribution in [0.4, 0.5) is 0 Å². The lowest BCUT2D eigenvalue weighted by molar-refractivity contribution is 0.317. The van der Waals surface area contributed by atoms with Gasteiger partial charge in [0, 0.05) is 6.54 Å². The fourth-order valence-electron chi connectivity index (χ4n) is 1.58. The third-order valence-electron chi connectivity index (χ3n) is 2.35. The van der Waals surface area contributed by atoms with Crippen LogP contribution in [0.15, 0.2) is 12.1 Å². The maximum absolute atomic E-state index is 5.66. The van der Waals surface area contributed by atoms with Crippen molar-refractivity contribution in [2.45, 2.75) is 33.7 Å². The molecule has 1 aromatic carbocycles. The summed E-state index contributed by atoms with van der Waals surface area (Å²) in [5.74, 6) is 0.957. The molecule has 2 nitrogen and oxygen atoms in total. The molecule has 0 saturated carbocycles. The molecule has 0 atom stereocenters. The quantitative estimate of drug-likeness (QED) is 0.797. The zero-order valence-corrected chi connectivity index (χ0v) is 9.26. The zero-order chi connectivity index (χ0) is 10.6. The van der Waals surface area contributed by atoms with Crippen molar-refractivity contribution in [1.82, 2.24) is 0 Å². The highest BCUT2D eigenvalue weighted by molar-refractivity contribution is 5.40. The van der Waals surface area contributed by atoms with Crippen LogP contribution >= 0.6 is 0 Å². The highest BCUT2D eigenvalue weighted by atomic mass is 16.5. The number of aryl methyl sites for hydroxylation is 2. The molecule has 0 fully saturated rings. The van der Waals surface area contributed by atoms with Crippen molar-refractivity contribution in [1.29, 1.82) is 0 Å². The second kappa shape index (κ2) is 5.01. The lowest BCUT2D eigenvalue weighted by atomic mass is 10.0.